The average Bonchev–Trinajstić information content (AvgIpc) is 3.45. The quantitative estimate of drug-likeness (QED) is 0.242. The van der Waals surface area contributed by atoms with E-state index >= 15 is 0 Å². The van der Waals surface area contributed by atoms with Crippen LogP contribution in [-0.4, -0.2) is 36.3 Å². The number of amides is 1. The Morgan fingerprint density at radius 3 is 2.84 bits per heavy atom. The molecule has 0 bridgehead atoms. The minimum absolute atomic E-state index is 0.120. The van der Waals surface area contributed by atoms with E-state index in [1.807, 2.05) is 6.07 Å². The zero-order chi connectivity index (χ0) is 22.5. The minimum Gasteiger partial charge on any atom is -0.467 e. The summed E-state index contributed by atoms with van der Waals surface area (Å²) in [5, 5.41) is 22.1. The Bertz CT molecular complexity index is 1250. The maximum absolute atomic E-state index is 13.9. The van der Waals surface area contributed by atoms with Crippen LogP contribution in [-0.2, 0) is 11.3 Å². The lowest BCUT2D eigenvalue weighted by atomic mass is 10.2. The van der Waals surface area contributed by atoms with Crippen LogP contribution in [0.25, 0.3) is 11.4 Å². The predicted octanol–water partition coefficient (Wildman–Crippen LogP) is 3.76. The number of halogens is 1. The number of pyridine rings is 1. The van der Waals surface area contributed by atoms with Crippen molar-refractivity contribution in [3.63, 3.8) is 0 Å². The molecule has 0 unspecified atom stereocenters. The highest BCUT2D eigenvalue weighted by Gasteiger charge is 2.18. The molecule has 0 aliphatic rings. The van der Waals surface area contributed by atoms with Gasteiger partial charge in [0, 0.05) is 30.1 Å². The third-order valence-electron chi connectivity index (χ3n) is 4.30. The van der Waals surface area contributed by atoms with E-state index in [1.165, 1.54) is 0 Å². The lowest BCUT2D eigenvalue weighted by molar-refractivity contribution is -0.384. The standard InChI is InChI=1S/C20H15FN6O4S/c21-16-6-5-14(27(29)30)9-17(16)23-18(28)12-32-20-25-24-19(13-3-1-7-22-10-13)26(20)11-15-4-2-8-31-15/h1-10H,11-12H2,(H,23,28). The first-order valence-corrected chi connectivity index (χ1v) is 10.2. The molecule has 0 atom stereocenters. The van der Waals surface area contributed by atoms with Crippen molar-refractivity contribution < 1.29 is 18.5 Å². The molecule has 1 aromatic carbocycles. The molecule has 1 amide bonds. The molecule has 32 heavy (non-hydrogen) atoms. The van der Waals surface area contributed by atoms with Gasteiger partial charge < -0.3 is 9.73 Å². The smallest absolute Gasteiger partial charge is 0.271 e. The van der Waals surface area contributed by atoms with Gasteiger partial charge in [-0.25, -0.2) is 4.39 Å². The number of benzene rings is 1. The van der Waals surface area contributed by atoms with Gasteiger partial charge in [0.05, 0.1) is 29.2 Å². The number of hydrogen-bond acceptors (Lipinski definition) is 8. The van der Waals surface area contributed by atoms with Crippen LogP contribution in [0.5, 0.6) is 0 Å². The van der Waals surface area contributed by atoms with Gasteiger partial charge >= 0.3 is 0 Å². The predicted molar refractivity (Wildman–Crippen MR) is 113 cm³/mol. The highest BCUT2D eigenvalue weighted by Crippen LogP contribution is 2.26. The highest BCUT2D eigenvalue weighted by atomic mass is 32.2. The lowest BCUT2D eigenvalue weighted by Crippen LogP contribution is -2.16. The van der Waals surface area contributed by atoms with Crippen LogP contribution in [0.4, 0.5) is 15.8 Å². The Balaban J connectivity index is 1.52. The number of non-ortho nitro benzene ring substituents is 1. The normalized spacial score (nSPS) is 10.8. The second kappa shape index (κ2) is 9.39. The first-order valence-electron chi connectivity index (χ1n) is 9.24. The monoisotopic (exact) mass is 454 g/mol. The third kappa shape index (κ3) is 4.81. The van der Waals surface area contributed by atoms with E-state index in [1.54, 1.807) is 41.4 Å². The molecule has 0 spiro atoms. The lowest BCUT2D eigenvalue weighted by Gasteiger charge is -2.09. The van der Waals surface area contributed by atoms with Crippen LogP contribution in [0.15, 0.2) is 70.7 Å². The van der Waals surface area contributed by atoms with Gasteiger partial charge in [-0.3, -0.25) is 24.5 Å². The van der Waals surface area contributed by atoms with Crippen molar-refractivity contribution in [3.05, 3.63) is 82.8 Å². The number of nitro benzene ring substituents is 1. The first kappa shape index (κ1) is 21.2. The van der Waals surface area contributed by atoms with Gasteiger partial charge in [-0.1, -0.05) is 11.8 Å². The number of furan rings is 1. The molecule has 0 saturated heterocycles. The van der Waals surface area contributed by atoms with Crippen molar-refractivity contribution in [2.24, 2.45) is 0 Å². The number of nitro groups is 1. The van der Waals surface area contributed by atoms with Crippen molar-refractivity contribution in [3.8, 4) is 11.4 Å². The van der Waals surface area contributed by atoms with E-state index in [0.29, 0.717) is 23.3 Å². The maximum atomic E-state index is 13.9. The van der Waals surface area contributed by atoms with Gasteiger partial charge in [0.25, 0.3) is 5.69 Å². The molecule has 4 aromatic rings. The summed E-state index contributed by atoms with van der Waals surface area (Å²) in [6, 6.07) is 10.1. The number of aromatic nitrogens is 4. The van der Waals surface area contributed by atoms with Crippen LogP contribution in [0.2, 0.25) is 0 Å². The summed E-state index contributed by atoms with van der Waals surface area (Å²) in [4.78, 5) is 26.7. The molecule has 12 heteroatoms. The Hall–Kier alpha value is -4.06. The number of carbonyl (C=O) groups is 1. The number of nitrogens with zero attached hydrogens (tertiary/aromatic N) is 5. The molecule has 162 valence electrons. The number of nitrogens with one attached hydrogen (secondary N) is 1. The second-order valence-electron chi connectivity index (χ2n) is 6.47. The molecule has 0 fully saturated rings. The van der Waals surface area contributed by atoms with Gasteiger partial charge in [0.2, 0.25) is 5.91 Å². The zero-order valence-corrected chi connectivity index (χ0v) is 17.2. The van der Waals surface area contributed by atoms with E-state index in [-0.39, 0.29) is 17.1 Å². The Morgan fingerprint density at radius 1 is 1.25 bits per heavy atom. The van der Waals surface area contributed by atoms with Crippen LogP contribution in [0, 0.1) is 15.9 Å². The molecule has 3 heterocycles. The molecular formula is C20H15FN6O4S. The molecule has 0 radical (unpaired) electrons. The Morgan fingerprint density at radius 2 is 2.12 bits per heavy atom. The van der Waals surface area contributed by atoms with Gasteiger partial charge in [0.1, 0.15) is 11.6 Å². The summed E-state index contributed by atoms with van der Waals surface area (Å²) in [6.45, 7) is 0.327. The van der Waals surface area contributed by atoms with E-state index in [4.69, 9.17) is 4.42 Å². The number of thioether (sulfide) groups is 1. The summed E-state index contributed by atoms with van der Waals surface area (Å²) < 4.78 is 21.1. The average molecular weight is 454 g/mol. The largest absolute Gasteiger partial charge is 0.467 e. The number of rotatable bonds is 8. The SMILES string of the molecule is O=C(CSc1nnc(-c2cccnc2)n1Cc1ccco1)Nc1cc([N+](=O)[O-])ccc1F. The molecule has 0 saturated carbocycles. The van der Waals surface area contributed by atoms with Crippen molar-refractivity contribution in [2.45, 2.75) is 11.7 Å². The van der Waals surface area contributed by atoms with Crippen molar-refractivity contribution in [2.75, 3.05) is 11.1 Å². The Labute approximate surface area is 184 Å². The van der Waals surface area contributed by atoms with Crippen molar-refractivity contribution in [1.82, 2.24) is 19.7 Å². The van der Waals surface area contributed by atoms with Crippen LogP contribution in [0.1, 0.15) is 5.76 Å². The minimum atomic E-state index is -0.770. The van der Waals surface area contributed by atoms with Gasteiger partial charge in [0.15, 0.2) is 11.0 Å². The van der Waals surface area contributed by atoms with E-state index < -0.39 is 16.6 Å². The summed E-state index contributed by atoms with van der Waals surface area (Å²) in [5.74, 6) is -0.230. The third-order valence-corrected chi connectivity index (χ3v) is 5.26. The fourth-order valence-electron chi connectivity index (χ4n) is 2.84. The molecule has 1 N–H and O–H groups in total. The number of hydrogen-bond donors (Lipinski definition) is 1. The van der Waals surface area contributed by atoms with Crippen LogP contribution in [0.3, 0.4) is 0 Å². The Kier molecular flexibility index (Phi) is 6.22. The second-order valence-corrected chi connectivity index (χ2v) is 7.41. The van der Waals surface area contributed by atoms with Crippen molar-refractivity contribution >= 4 is 29.0 Å². The van der Waals surface area contributed by atoms with Gasteiger partial charge in [-0.2, -0.15) is 0 Å². The topological polar surface area (TPSA) is 129 Å². The molecule has 4 rings (SSSR count). The van der Waals surface area contributed by atoms with Crippen LogP contribution >= 0.6 is 11.8 Å². The molecular weight excluding hydrogens is 439 g/mol. The number of carbonyl (C=O) groups excluding carboxylic acids is 1. The summed E-state index contributed by atoms with van der Waals surface area (Å²) in [6.07, 6.45) is 4.84. The van der Waals surface area contributed by atoms with E-state index in [0.717, 1.165) is 35.5 Å². The van der Waals surface area contributed by atoms with Crippen molar-refractivity contribution in [1.29, 1.82) is 0 Å². The van der Waals surface area contributed by atoms with Crippen LogP contribution < -0.4 is 5.32 Å². The molecule has 10 nitrogen and oxygen atoms in total. The first-order chi connectivity index (χ1) is 15.5. The summed E-state index contributed by atoms with van der Waals surface area (Å²) in [5.41, 5.74) is 0.146. The maximum Gasteiger partial charge on any atom is 0.271 e. The fourth-order valence-corrected chi connectivity index (χ4v) is 3.58. The highest BCUT2D eigenvalue weighted by molar-refractivity contribution is 7.99. The molecule has 0 aliphatic heterocycles. The number of anilines is 1. The van der Waals surface area contributed by atoms with Gasteiger partial charge in [-0.05, 0) is 30.3 Å². The van der Waals surface area contributed by atoms with E-state index in [9.17, 15) is 19.3 Å². The zero-order valence-electron chi connectivity index (χ0n) is 16.3. The summed E-state index contributed by atoms with van der Waals surface area (Å²) >= 11 is 1.09. The molecule has 3 aromatic heterocycles. The molecule has 0 aliphatic carbocycles. The van der Waals surface area contributed by atoms with E-state index in [2.05, 4.69) is 20.5 Å². The van der Waals surface area contributed by atoms with Gasteiger partial charge in [-0.15, -0.1) is 10.2 Å². The summed E-state index contributed by atoms with van der Waals surface area (Å²) in [7, 11) is 0. The fraction of sp³-hybridized carbons (Fsp3) is 0.100.